The number of rotatable bonds is 9. The molecule has 1 atom stereocenters. The minimum absolute atomic E-state index is 0.0767. The van der Waals surface area contributed by atoms with Gasteiger partial charge < -0.3 is 40.1 Å². The molecule has 2 saturated carbocycles. The zero-order valence-corrected chi connectivity index (χ0v) is 29.8. The van der Waals surface area contributed by atoms with Crippen molar-refractivity contribution in [3.05, 3.63) is 30.0 Å². The van der Waals surface area contributed by atoms with Gasteiger partial charge in [0.05, 0.1) is 19.0 Å². The van der Waals surface area contributed by atoms with Crippen molar-refractivity contribution in [3.8, 4) is 5.75 Å². The molecule has 13 nitrogen and oxygen atoms in total. The summed E-state index contributed by atoms with van der Waals surface area (Å²) in [6.07, 6.45) is 10.1. The van der Waals surface area contributed by atoms with Crippen molar-refractivity contribution in [2.45, 2.75) is 121 Å². The number of hydrogen-bond donors (Lipinski definition) is 3. The summed E-state index contributed by atoms with van der Waals surface area (Å²) in [4.78, 5) is 53.9. The van der Waals surface area contributed by atoms with Crippen LogP contribution >= 0.6 is 0 Å². The Labute approximate surface area is 289 Å². The molecule has 3 heterocycles. The Morgan fingerprint density at radius 3 is 2.39 bits per heavy atom. The van der Waals surface area contributed by atoms with Crippen LogP contribution < -0.4 is 30.5 Å². The minimum atomic E-state index is -0.490. The molecule has 1 aromatic heterocycles. The van der Waals surface area contributed by atoms with Crippen LogP contribution in [0.5, 0.6) is 5.75 Å². The number of likely N-dealkylation sites (N-methyl/N-ethyl adjacent to an activating group) is 1. The zero-order valence-electron chi connectivity index (χ0n) is 29.8. The van der Waals surface area contributed by atoms with Gasteiger partial charge in [-0.2, -0.15) is 4.98 Å². The Hall–Kier alpha value is -4.13. The summed E-state index contributed by atoms with van der Waals surface area (Å²) in [5.41, 5.74) is 1.38. The SMILES string of the molecule is CC[C@@H]1C(=O)N(C)c2cnc(Nc3ccc(C(=O)NC4CC(NC5CCN(C(=O)OC(C)(C)C)CC5)C4)cc3OC)nc2N1C1CCCC1. The number of nitrogens with zero attached hydrogens (tertiary/aromatic N) is 5. The molecule has 49 heavy (non-hydrogen) atoms. The summed E-state index contributed by atoms with van der Waals surface area (Å²) in [6.45, 7) is 9.07. The lowest BCUT2D eigenvalue weighted by Crippen LogP contribution is -2.56. The molecule has 0 bridgehead atoms. The number of ether oxygens (including phenoxy) is 2. The van der Waals surface area contributed by atoms with E-state index in [1.165, 1.54) is 0 Å². The standard InChI is InChI=1S/C36H52N8O5/c1-7-28-33(46)42(5)29-21-37-34(41-31(29)44(28)26-10-8-9-11-26)40-27-13-12-22(18-30(27)48-6)32(45)39-25-19-24(20-25)38-23-14-16-43(17-15-23)35(47)49-36(2,3)4/h12-13,18,21,23-26,28,38H,7-11,14-17,19-20H2,1-6H3,(H,39,45)(H,37,40,41)/t24?,25?,28-/m1/s1. The highest BCUT2D eigenvalue weighted by atomic mass is 16.6. The van der Waals surface area contributed by atoms with Crippen LogP contribution in [0.25, 0.3) is 0 Å². The van der Waals surface area contributed by atoms with E-state index in [2.05, 4.69) is 25.8 Å². The molecular weight excluding hydrogens is 624 g/mol. The maximum absolute atomic E-state index is 13.2. The van der Waals surface area contributed by atoms with E-state index >= 15 is 0 Å². The summed E-state index contributed by atoms with van der Waals surface area (Å²) >= 11 is 0. The highest BCUT2D eigenvalue weighted by Crippen LogP contribution is 2.40. The molecule has 1 saturated heterocycles. The van der Waals surface area contributed by atoms with E-state index in [1.807, 2.05) is 33.8 Å². The van der Waals surface area contributed by atoms with Crippen molar-refractivity contribution in [2.75, 3.05) is 42.4 Å². The second-order valence-corrected chi connectivity index (χ2v) is 14.9. The Balaban J connectivity index is 1.03. The van der Waals surface area contributed by atoms with Gasteiger partial charge in [-0.15, -0.1) is 0 Å². The topological polar surface area (TPSA) is 141 Å². The fourth-order valence-electron chi connectivity index (χ4n) is 7.53. The van der Waals surface area contributed by atoms with Crippen LogP contribution in [-0.4, -0.2) is 95.8 Å². The Kier molecular flexibility index (Phi) is 10.2. The number of hydrogen-bond acceptors (Lipinski definition) is 10. The molecule has 6 rings (SSSR count). The Bertz CT molecular complexity index is 1530. The van der Waals surface area contributed by atoms with Gasteiger partial charge >= 0.3 is 6.09 Å². The van der Waals surface area contributed by atoms with Gasteiger partial charge in [0, 0.05) is 49.9 Å². The maximum atomic E-state index is 13.2. The van der Waals surface area contributed by atoms with Crippen LogP contribution in [0.1, 0.15) is 95.8 Å². The van der Waals surface area contributed by atoms with E-state index in [1.54, 1.807) is 42.3 Å². The maximum Gasteiger partial charge on any atom is 0.410 e. The number of amides is 3. The van der Waals surface area contributed by atoms with Gasteiger partial charge in [0.1, 0.15) is 23.1 Å². The molecule has 3 amide bonds. The molecule has 0 radical (unpaired) electrons. The Morgan fingerprint density at radius 1 is 1.02 bits per heavy atom. The lowest BCUT2D eigenvalue weighted by atomic mass is 9.85. The number of fused-ring (bicyclic) bond motifs is 1. The first-order valence-corrected chi connectivity index (χ1v) is 17.9. The first-order chi connectivity index (χ1) is 23.4. The number of piperidine rings is 1. The van der Waals surface area contributed by atoms with Crippen LogP contribution in [0, 0.1) is 0 Å². The van der Waals surface area contributed by atoms with E-state index in [0.717, 1.165) is 57.2 Å². The molecule has 2 aromatic rings. The summed E-state index contributed by atoms with van der Waals surface area (Å²) < 4.78 is 11.2. The molecule has 3 fully saturated rings. The van der Waals surface area contributed by atoms with Gasteiger partial charge in [-0.05, 0) is 83.9 Å². The number of likely N-dealkylation sites (tertiary alicyclic amines) is 1. The first-order valence-electron chi connectivity index (χ1n) is 17.9. The van der Waals surface area contributed by atoms with Crippen molar-refractivity contribution in [2.24, 2.45) is 0 Å². The third-order valence-electron chi connectivity index (χ3n) is 10.2. The summed E-state index contributed by atoms with van der Waals surface area (Å²) in [6, 6.07) is 6.14. The average Bonchev–Trinajstić information content (AvgIpc) is 3.59. The molecule has 1 aromatic carbocycles. The third-order valence-corrected chi connectivity index (χ3v) is 10.2. The van der Waals surface area contributed by atoms with Crippen molar-refractivity contribution in [1.29, 1.82) is 0 Å². The van der Waals surface area contributed by atoms with Crippen LogP contribution in [0.4, 0.5) is 27.9 Å². The average molecular weight is 677 g/mol. The molecule has 0 unspecified atom stereocenters. The summed E-state index contributed by atoms with van der Waals surface area (Å²) in [5, 5.41) is 10.2. The molecule has 2 aliphatic heterocycles. The zero-order chi connectivity index (χ0) is 34.9. The monoisotopic (exact) mass is 676 g/mol. The van der Waals surface area contributed by atoms with E-state index in [4.69, 9.17) is 14.5 Å². The smallest absolute Gasteiger partial charge is 0.410 e. The molecule has 0 spiro atoms. The number of carbonyl (C=O) groups excluding carboxylic acids is 3. The second-order valence-electron chi connectivity index (χ2n) is 14.9. The number of anilines is 4. The predicted octanol–water partition coefficient (Wildman–Crippen LogP) is 4.98. The molecule has 4 aliphatic rings. The van der Waals surface area contributed by atoms with Gasteiger partial charge in [0.25, 0.3) is 5.91 Å². The number of nitrogens with one attached hydrogen (secondary N) is 3. The minimum Gasteiger partial charge on any atom is -0.495 e. The molecule has 266 valence electrons. The van der Waals surface area contributed by atoms with Gasteiger partial charge in [-0.25, -0.2) is 9.78 Å². The largest absolute Gasteiger partial charge is 0.495 e. The van der Waals surface area contributed by atoms with Gasteiger partial charge in [0.2, 0.25) is 11.9 Å². The third kappa shape index (κ3) is 7.71. The van der Waals surface area contributed by atoms with Crippen molar-refractivity contribution >= 4 is 41.0 Å². The molecule has 13 heteroatoms. The highest BCUT2D eigenvalue weighted by molar-refractivity contribution is 6.04. The number of methoxy groups -OCH3 is 1. The second kappa shape index (κ2) is 14.4. The quantitative estimate of drug-likeness (QED) is 0.333. The van der Waals surface area contributed by atoms with E-state index in [0.29, 0.717) is 60.2 Å². The summed E-state index contributed by atoms with van der Waals surface area (Å²) in [5.74, 6) is 1.61. The number of benzene rings is 1. The van der Waals surface area contributed by atoms with E-state index in [9.17, 15) is 14.4 Å². The van der Waals surface area contributed by atoms with E-state index < -0.39 is 5.60 Å². The molecule has 3 N–H and O–H groups in total. The van der Waals surface area contributed by atoms with Crippen LogP contribution in [-0.2, 0) is 9.53 Å². The fourth-order valence-corrected chi connectivity index (χ4v) is 7.53. The van der Waals surface area contributed by atoms with Crippen molar-refractivity contribution in [3.63, 3.8) is 0 Å². The predicted molar refractivity (Wildman–Crippen MR) is 189 cm³/mol. The lowest BCUT2D eigenvalue weighted by Gasteiger charge is -2.43. The molecule has 2 aliphatic carbocycles. The van der Waals surface area contributed by atoms with Crippen molar-refractivity contribution < 1.29 is 23.9 Å². The number of aromatic nitrogens is 2. The van der Waals surface area contributed by atoms with Crippen molar-refractivity contribution in [1.82, 2.24) is 25.5 Å². The first kappa shape index (κ1) is 34.7. The van der Waals surface area contributed by atoms with Crippen LogP contribution in [0.15, 0.2) is 24.4 Å². The lowest BCUT2D eigenvalue weighted by molar-refractivity contribution is -0.120. The van der Waals surface area contributed by atoms with Gasteiger partial charge in [-0.3, -0.25) is 9.59 Å². The fraction of sp³-hybridized carbons (Fsp3) is 0.639. The van der Waals surface area contributed by atoms with E-state index in [-0.39, 0.29) is 36.0 Å². The van der Waals surface area contributed by atoms with Gasteiger partial charge in [-0.1, -0.05) is 19.8 Å². The highest BCUT2D eigenvalue weighted by Gasteiger charge is 2.41. The summed E-state index contributed by atoms with van der Waals surface area (Å²) in [7, 11) is 3.36. The Morgan fingerprint density at radius 2 is 1.73 bits per heavy atom. The van der Waals surface area contributed by atoms with Crippen LogP contribution in [0.2, 0.25) is 0 Å². The normalized spacial score (nSPS) is 23.2. The van der Waals surface area contributed by atoms with Gasteiger partial charge in [0.15, 0.2) is 5.82 Å². The molecular formula is C36H52N8O5. The number of carbonyl (C=O) groups is 3. The van der Waals surface area contributed by atoms with Crippen LogP contribution in [0.3, 0.4) is 0 Å².